The van der Waals surface area contributed by atoms with Crippen LogP contribution in [0.25, 0.3) is 0 Å². The number of esters is 3. The van der Waals surface area contributed by atoms with E-state index in [1.54, 1.807) is 0 Å². The number of unbranched alkanes of at least 4 members (excludes halogenated alkanes) is 12. The molecule has 0 aromatic carbocycles. The first-order valence-electron chi connectivity index (χ1n) is 21.5. The molecule has 308 valence electrons. The zero-order valence-corrected chi connectivity index (χ0v) is 34.9. The lowest BCUT2D eigenvalue weighted by molar-refractivity contribution is -0.167. The minimum absolute atomic E-state index is 0.115. The lowest BCUT2D eigenvalue weighted by atomic mass is 10.1. The van der Waals surface area contributed by atoms with Gasteiger partial charge in [-0.1, -0.05) is 188 Å². The predicted molar refractivity (Wildman–Crippen MR) is 233 cm³/mol. The highest BCUT2D eigenvalue weighted by Crippen LogP contribution is 2.12. The maximum Gasteiger partial charge on any atom is 0.306 e. The van der Waals surface area contributed by atoms with Crippen molar-refractivity contribution in [3.8, 4) is 0 Å². The number of allylic oxidation sites excluding steroid dienone is 18. The summed E-state index contributed by atoms with van der Waals surface area (Å²) in [7, 11) is 0. The predicted octanol–water partition coefficient (Wildman–Crippen LogP) is 13.6. The summed E-state index contributed by atoms with van der Waals surface area (Å²) in [4.78, 5) is 37.6. The molecule has 0 aliphatic rings. The van der Waals surface area contributed by atoms with Crippen molar-refractivity contribution >= 4 is 17.9 Å². The molecule has 0 fully saturated rings. The topological polar surface area (TPSA) is 78.9 Å². The molecule has 0 saturated carbocycles. The van der Waals surface area contributed by atoms with Gasteiger partial charge in [-0.3, -0.25) is 14.4 Å². The first-order valence-corrected chi connectivity index (χ1v) is 21.5. The minimum atomic E-state index is -0.820. The van der Waals surface area contributed by atoms with Crippen molar-refractivity contribution in [1.82, 2.24) is 0 Å². The smallest absolute Gasteiger partial charge is 0.306 e. The average molecular weight is 761 g/mol. The average Bonchev–Trinajstić information content (AvgIpc) is 3.18. The van der Waals surface area contributed by atoms with Crippen LogP contribution in [0.5, 0.6) is 0 Å². The van der Waals surface area contributed by atoms with Gasteiger partial charge in [-0.05, 0) is 64.2 Å². The summed E-state index contributed by atoms with van der Waals surface area (Å²) >= 11 is 0. The molecule has 6 nitrogen and oxygen atoms in total. The molecule has 1 unspecified atom stereocenters. The molecule has 0 aliphatic carbocycles. The molecule has 0 bridgehead atoms. The maximum absolute atomic E-state index is 12.6. The van der Waals surface area contributed by atoms with Crippen molar-refractivity contribution < 1.29 is 28.6 Å². The van der Waals surface area contributed by atoms with Crippen LogP contribution in [0.3, 0.4) is 0 Å². The van der Waals surface area contributed by atoms with Gasteiger partial charge in [0.05, 0.1) is 0 Å². The van der Waals surface area contributed by atoms with Crippen LogP contribution in [0.4, 0.5) is 0 Å². The normalized spacial score (nSPS) is 13.1. The highest BCUT2D eigenvalue weighted by Gasteiger charge is 2.19. The number of rotatable bonds is 36. The van der Waals surface area contributed by atoms with E-state index in [0.717, 1.165) is 77.0 Å². The van der Waals surface area contributed by atoms with Gasteiger partial charge in [0, 0.05) is 19.3 Å². The first kappa shape index (κ1) is 51.1. The summed E-state index contributed by atoms with van der Waals surface area (Å²) in [5, 5.41) is 0. The fraction of sp³-hybridized carbons (Fsp3) is 0.571. The second kappa shape index (κ2) is 42.8. The van der Waals surface area contributed by atoms with Gasteiger partial charge in [-0.2, -0.15) is 0 Å². The van der Waals surface area contributed by atoms with Crippen molar-refractivity contribution in [2.24, 2.45) is 0 Å². The van der Waals surface area contributed by atoms with Crippen molar-refractivity contribution in [3.05, 3.63) is 109 Å². The molecule has 0 N–H and O–H groups in total. The molecular formula is C49H76O6. The number of carbonyl (C=O) groups excluding carboxylic acids is 3. The van der Waals surface area contributed by atoms with Gasteiger partial charge < -0.3 is 14.2 Å². The fourth-order valence-electron chi connectivity index (χ4n) is 5.26. The number of carbonyl (C=O) groups is 3. The van der Waals surface area contributed by atoms with E-state index in [2.05, 4.69) is 69.4 Å². The Bertz CT molecular complexity index is 1200. The van der Waals surface area contributed by atoms with E-state index in [1.807, 2.05) is 60.8 Å². The molecule has 0 amide bonds. The van der Waals surface area contributed by atoms with Crippen molar-refractivity contribution in [2.45, 2.75) is 168 Å². The molecule has 0 aromatic rings. The standard InChI is InChI=1S/C49H76O6/c1-4-7-10-13-16-19-21-22-23-24-25-26-28-30-33-36-39-42-48(51)54-45-46(44-53-47(50)41-38-35-32-29-18-15-12-9-6-3)55-49(52)43-40-37-34-31-27-20-17-14-11-8-5-2/h7-8,10-11,13,16-17,19-26,28,31,34,46H,4-6,9,12,14-15,18,27,29-30,32-33,35-45H2,1-3H3/b10-7-,11-8-,16-13-,20-17-,21-19-,23-22-,25-24+,28-26-,34-31-. The van der Waals surface area contributed by atoms with Crippen LogP contribution in [0.15, 0.2) is 109 Å². The third kappa shape index (κ3) is 41.1. The van der Waals surface area contributed by atoms with Gasteiger partial charge >= 0.3 is 17.9 Å². The van der Waals surface area contributed by atoms with Gasteiger partial charge in [0.15, 0.2) is 6.10 Å². The third-order valence-corrected chi connectivity index (χ3v) is 8.43. The van der Waals surface area contributed by atoms with E-state index >= 15 is 0 Å². The summed E-state index contributed by atoms with van der Waals surface area (Å²) in [6.07, 6.45) is 56.5. The van der Waals surface area contributed by atoms with Crippen LogP contribution in [0.1, 0.15) is 162 Å². The van der Waals surface area contributed by atoms with Crippen LogP contribution in [-0.2, 0) is 28.6 Å². The minimum Gasteiger partial charge on any atom is -0.462 e. The van der Waals surface area contributed by atoms with Gasteiger partial charge in [0.1, 0.15) is 13.2 Å². The number of ether oxygens (including phenoxy) is 3. The molecule has 0 heterocycles. The highest BCUT2D eigenvalue weighted by molar-refractivity contribution is 5.71. The fourth-order valence-corrected chi connectivity index (χ4v) is 5.26. The molecule has 0 radical (unpaired) electrons. The molecule has 6 heteroatoms. The molecule has 0 aromatic heterocycles. The Morgan fingerprint density at radius 1 is 0.400 bits per heavy atom. The summed E-state index contributed by atoms with van der Waals surface area (Å²) in [6, 6.07) is 0. The van der Waals surface area contributed by atoms with Crippen molar-refractivity contribution in [1.29, 1.82) is 0 Å². The van der Waals surface area contributed by atoms with Gasteiger partial charge in [-0.15, -0.1) is 0 Å². The molecule has 1 atom stereocenters. The second-order valence-corrected chi connectivity index (χ2v) is 13.6. The Kier molecular flexibility index (Phi) is 39.7. The molecule has 0 spiro atoms. The number of hydrogen-bond acceptors (Lipinski definition) is 6. The number of hydrogen-bond donors (Lipinski definition) is 0. The van der Waals surface area contributed by atoms with Crippen LogP contribution >= 0.6 is 0 Å². The van der Waals surface area contributed by atoms with E-state index < -0.39 is 6.10 Å². The summed E-state index contributed by atoms with van der Waals surface area (Å²) < 4.78 is 16.6. The van der Waals surface area contributed by atoms with E-state index in [4.69, 9.17) is 14.2 Å². The van der Waals surface area contributed by atoms with Gasteiger partial charge in [0.25, 0.3) is 0 Å². The van der Waals surface area contributed by atoms with E-state index in [-0.39, 0.29) is 37.5 Å². The van der Waals surface area contributed by atoms with E-state index in [0.29, 0.717) is 19.3 Å². The molecule has 0 rings (SSSR count). The largest absolute Gasteiger partial charge is 0.462 e. The van der Waals surface area contributed by atoms with Crippen molar-refractivity contribution in [2.75, 3.05) is 13.2 Å². The quantitative estimate of drug-likeness (QED) is 0.0208. The van der Waals surface area contributed by atoms with Gasteiger partial charge in [-0.25, -0.2) is 0 Å². The van der Waals surface area contributed by atoms with Crippen LogP contribution in [-0.4, -0.2) is 37.2 Å². The second-order valence-electron chi connectivity index (χ2n) is 13.6. The molecule has 0 aliphatic heterocycles. The lowest BCUT2D eigenvalue weighted by Crippen LogP contribution is -2.30. The maximum atomic E-state index is 12.6. The lowest BCUT2D eigenvalue weighted by Gasteiger charge is -2.18. The van der Waals surface area contributed by atoms with Gasteiger partial charge in [0.2, 0.25) is 0 Å². The van der Waals surface area contributed by atoms with Crippen LogP contribution < -0.4 is 0 Å². The van der Waals surface area contributed by atoms with E-state index in [1.165, 1.54) is 38.5 Å². The summed E-state index contributed by atoms with van der Waals surface area (Å²) in [5.41, 5.74) is 0. The Balaban J connectivity index is 4.54. The Hall–Kier alpha value is -3.93. The molecule has 55 heavy (non-hydrogen) atoms. The first-order chi connectivity index (χ1) is 27.0. The van der Waals surface area contributed by atoms with E-state index in [9.17, 15) is 14.4 Å². The third-order valence-electron chi connectivity index (χ3n) is 8.43. The highest BCUT2D eigenvalue weighted by atomic mass is 16.6. The Morgan fingerprint density at radius 3 is 1.36 bits per heavy atom. The Morgan fingerprint density at radius 2 is 0.818 bits per heavy atom. The van der Waals surface area contributed by atoms with Crippen LogP contribution in [0, 0.1) is 0 Å². The SMILES string of the molecule is CC\C=C/C=C\C=C/C=C\C=C\C=C/CCCCCC(=O)OCC(COC(=O)CCCCCCCCCCC)OC(=O)CCC/C=C\C/C=C\C/C=C\CC. The summed E-state index contributed by atoms with van der Waals surface area (Å²) in [5.74, 6) is -1.03. The van der Waals surface area contributed by atoms with Crippen LogP contribution in [0.2, 0.25) is 0 Å². The monoisotopic (exact) mass is 761 g/mol. The van der Waals surface area contributed by atoms with Crippen molar-refractivity contribution in [3.63, 3.8) is 0 Å². The zero-order valence-electron chi connectivity index (χ0n) is 34.9. The zero-order chi connectivity index (χ0) is 40.1. The Labute approximate surface area is 336 Å². The summed E-state index contributed by atoms with van der Waals surface area (Å²) in [6.45, 7) is 6.22. The molecular weight excluding hydrogens is 685 g/mol. The molecule has 0 saturated heterocycles.